The fraction of sp³-hybridized carbons (Fsp3) is 0.538. The quantitative estimate of drug-likeness (QED) is 0.881. The molecule has 7 heteroatoms. The second-order valence-electron chi connectivity index (χ2n) is 4.99. The number of hydrogen-bond donors (Lipinski definition) is 2. The molecule has 2 aliphatic heterocycles. The smallest absolute Gasteiger partial charge is 0.395 e. The molecule has 0 radical (unpaired) electrons. The minimum absolute atomic E-state index is 0. The largest absolute Gasteiger partial charge is 0.586 e. The van der Waals surface area contributed by atoms with Gasteiger partial charge in [-0.25, -0.2) is 0 Å². The van der Waals surface area contributed by atoms with Crippen molar-refractivity contribution < 1.29 is 18.3 Å². The molecule has 1 saturated heterocycles. The number of rotatable bonds is 2. The summed E-state index contributed by atoms with van der Waals surface area (Å²) in [7, 11) is 0. The Kier molecular flexibility index (Phi) is 4.36. The van der Waals surface area contributed by atoms with Gasteiger partial charge in [-0.2, -0.15) is 0 Å². The molecule has 0 aromatic heterocycles. The minimum Gasteiger partial charge on any atom is -0.395 e. The van der Waals surface area contributed by atoms with Gasteiger partial charge in [0, 0.05) is 6.04 Å². The van der Waals surface area contributed by atoms with E-state index in [2.05, 4.69) is 14.8 Å². The van der Waals surface area contributed by atoms with Gasteiger partial charge in [0.25, 0.3) is 0 Å². The van der Waals surface area contributed by atoms with Gasteiger partial charge in [-0.3, -0.25) is 0 Å². The van der Waals surface area contributed by atoms with Gasteiger partial charge in [0.2, 0.25) is 0 Å². The molecule has 3 rings (SSSR count). The first-order chi connectivity index (χ1) is 9.05. The van der Waals surface area contributed by atoms with Gasteiger partial charge in [0.15, 0.2) is 11.5 Å². The Morgan fingerprint density at radius 2 is 1.85 bits per heavy atom. The highest BCUT2D eigenvalue weighted by molar-refractivity contribution is 5.85. The zero-order chi connectivity index (χ0) is 13.5. The molecule has 0 amide bonds. The average molecular weight is 307 g/mol. The van der Waals surface area contributed by atoms with E-state index in [1.54, 1.807) is 12.1 Å². The van der Waals surface area contributed by atoms with E-state index in [4.69, 9.17) is 5.73 Å². The minimum atomic E-state index is -3.57. The molecule has 1 atom stereocenters. The number of fused-ring (bicyclic) bond motifs is 1. The fourth-order valence-corrected chi connectivity index (χ4v) is 2.65. The van der Waals surface area contributed by atoms with Crippen LogP contribution in [-0.4, -0.2) is 19.4 Å². The van der Waals surface area contributed by atoms with Crippen molar-refractivity contribution in [2.24, 2.45) is 11.7 Å². The number of piperidine rings is 1. The van der Waals surface area contributed by atoms with E-state index in [1.807, 2.05) is 0 Å². The first-order valence-electron chi connectivity index (χ1n) is 6.41. The van der Waals surface area contributed by atoms with Gasteiger partial charge in [0.1, 0.15) is 0 Å². The molecular weight excluding hydrogens is 290 g/mol. The van der Waals surface area contributed by atoms with Gasteiger partial charge < -0.3 is 20.5 Å². The lowest BCUT2D eigenvalue weighted by Gasteiger charge is -2.28. The SMILES string of the molecule is Cl.N[C@@H](c1ccc2c(c1)OC(F)(F)O2)C1CCNCC1. The van der Waals surface area contributed by atoms with Crippen molar-refractivity contribution in [3.63, 3.8) is 0 Å². The maximum Gasteiger partial charge on any atom is 0.586 e. The van der Waals surface area contributed by atoms with Crippen molar-refractivity contribution in [1.82, 2.24) is 5.32 Å². The summed E-state index contributed by atoms with van der Waals surface area (Å²) in [4.78, 5) is 0. The van der Waals surface area contributed by atoms with Crippen LogP contribution in [0.2, 0.25) is 0 Å². The third-order valence-corrected chi connectivity index (χ3v) is 3.70. The molecule has 1 fully saturated rings. The van der Waals surface area contributed by atoms with Crippen LogP contribution in [-0.2, 0) is 0 Å². The first-order valence-corrected chi connectivity index (χ1v) is 6.41. The summed E-state index contributed by atoms with van der Waals surface area (Å²) in [6, 6.07) is 4.62. The number of hydrogen-bond acceptors (Lipinski definition) is 4. The summed E-state index contributed by atoms with van der Waals surface area (Å²) < 4.78 is 34.7. The lowest BCUT2D eigenvalue weighted by atomic mass is 9.86. The molecule has 0 unspecified atom stereocenters. The molecule has 20 heavy (non-hydrogen) atoms. The Morgan fingerprint density at radius 3 is 2.55 bits per heavy atom. The maximum atomic E-state index is 12.9. The van der Waals surface area contributed by atoms with Gasteiger partial charge in [-0.15, -0.1) is 21.2 Å². The third-order valence-electron chi connectivity index (χ3n) is 3.70. The van der Waals surface area contributed by atoms with Crippen LogP contribution in [0, 0.1) is 5.92 Å². The van der Waals surface area contributed by atoms with Crippen LogP contribution in [0.5, 0.6) is 11.5 Å². The Balaban J connectivity index is 0.00000147. The van der Waals surface area contributed by atoms with Gasteiger partial charge in [-0.1, -0.05) is 6.07 Å². The lowest BCUT2D eigenvalue weighted by Crippen LogP contribution is -2.33. The molecular formula is C13H17ClF2N2O2. The van der Waals surface area contributed by atoms with Crippen molar-refractivity contribution in [2.75, 3.05) is 13.1 Å². The monoisotopic (exact) mass is 306 g/mol. The molecule has 2 aliphatic rings. The molecule has 112 valence electrons. The number of nitrogens with one attached hydrogen (secondary N) is 1. The Bertz CT molecular complexity index is 481. The number of halogens is 3. The predicted molar refractivity (Wildman–Crippen MR) is 72.4 cm³/mol. The molecule has 3 N–H and O–H groups in total. The Hall–Kier alpha value is -1.11. The highest BCUT2D eigenvalue weighted by Gasteiger charge is 2.43. The summed E-state index contributed by atoms with van der Waals surface area (Å²) in [5, 5.41) is 3.27. The van der Waals surface area contributed by atoms with Crippen LogP contribution >= 0.6 is 12.4 Å². The zero-order valence-electron chi connectivity index (χ0n) is 10.8. The topological polar surface area (TPSA) is 56.5 Å². The van der Waals surface area contributed by atoms with E-state index < -0.39 is 6.29 Å². The summed E-state index contributed by atoms with van der Waals surface area (Å²) in [5.74, 6) is 0.486. The van der Waals surface area contributed by atoms with Crippen LogP contribution in [0.25, 0.3) is 0 Å². The van der Waals surface area contributed by atoms with Crippen LogP contribution in [0.3, 0.4) is 0 Å². The summed E-state index contributed by atoms with van der Waals surface area (Å²) in [6.45, 7) is 1.89. The summed E-state index contributed by atoms with van der Waals surface area (Å²) in [5.41, 5.74) is 7.03. The van der Waals surface area contributed by atoms with Crippen LogP contribution in [0.15, 0.2) is 18.2 Å². The van der Waals surface area contributed by atoms with E-state index in [-0.39, 0.29) is 29.9 Å². The van der Waals surface area contributed by atoms with E-state index in [9.17, 15) is 8.78 Å². The van der Waals surface area contributed by atoms with Gasteiger partial charge in [0.05, 0.1) is 0 Å². The van der Waals surface area contributed by atoms with Crippen LogP contribution in [0.1, 0.15) is 24.4 Å². The first kappa shape index (κ1) is 15.3. The van der Waals surface area contributed by atoms with E-state index in [1.165, 1.54) is 6.07 Å². The van der Waals surface area contributed by atoms with Crippen LogP contribution < -0.4 is 20.5 Å². The van der Waals surface area contributed by atoms with Crippen molar-refractivity contribution in [2.45, 2.75) is 25.2 Å². The Morgan fingerprint density at radius 1 is 1.20 bits per heavy atom. The number of ether oxygens (including phenoxy) is 2. The Labute approximate surface area is 122 Å². The van der Waals surface area contributed by atoms with Crippen molar-refractivity contribution >= 4 is 12.4 Å². The summed E-state index contributed by atoms with van der Waals surface area (Å²) in [6.07, 6.45) is -1.59. The predicted octanol–water partition coefficient (Wildman–Crippen LogP) is 2.43. The molecule has 4 nitrogen and oxygen atoms in total. The third kappa shape index (κ3) is 2.97. The number of alkyl halides is 2. The van der Waals surface area contributed by atoms with Crippen molar-refractivity contribution in [3.8, 4) is 11.5 Å². The molecule has 1 aromatic carbocycles. The summed E-state index contributed by atoms with van der Waals surface area (Å²) >= 11 is 0. The van der Waals surface area contributed by atoms with Crippen LogP contribution in [0.4, 0.5) is 8.78 Å². The zero-order valence-corrected chi connectivity index (χ0v) is 11.6. The van der Waals surface area contributed by atoms with Gasteiger partial charge >= 0.3 is 6.29 Å². The molecule has 1 aromatic rings. The highest BCUT2D eigenvalue weighted by Crippen LogP contribution is 2.42. The second-order valence-corrected chi connectivity index (χ2v) is 4.99. The molecule has 2 heterocycles. The van der Waals surface area contributed by atoms with Gasteiger partial charge in [-0.05, 0) is 49.5 Å². The molecule has 0 bridgehead atoms. The van der Waals surface area contributed by atoms with E-state index in [0.717, 1.165) is 31.5 Å². The lowest BCUT2D eigenvalue weighted by molar-refractivity contribution is -0.286. The maximum absolute atomic E-state index is 12.9. The highest BCUT2D eigenvalue weighted by atomic mass is 35.5. The molecule has 0 aliphatic carbocycles. The number of benzene rings is 1. The van der Waals surface area contributed by atoms with E-state index in [0.29, 0.717) is 5.92 Å². The van der Waals surface area contributed by atoms with Crippen molar-refractivity contribution in [1.29, 1.82) is 0 Å². The number of nitrogens with two attached hydrogens (primary N) is 1. The van der Waals surface area contributed by atoms with Crippen molar-refractivity contribution in [3.05, 3.63) is 23.8 Å². The standard InChI is InChI=1S/C13H16F2N2O2.ClH/c14-13(15)18-10-2-1-9(7-11(10)19-13)12(16)8-3-5-17-6-4-8;/h1-2,7-8,12,17H,3-6,16H2;1H/t12-;/m1./s1. The normalized spacial score (nSPS) is 22.1. The van der Waals surface area contributed by atoms with E-state index >= 15 is 0 Å². The average Bonchev–Trinajstić information content (AvgIpc) is 2.71. The fourth-order valence-electron chi connectivity index (χ4n) is 2.65. The second kappa shape index (κ2) is 5.71. The molecule has 0 spiro atoms. The molecule has 0 saturated carbocycles.